The molecule has 0 saturated carbocycles. The number of carboxylic acid groups (broad SMARTS) is 3. The molecule has 0 saturated heterocycles. The molecule has 1 rings (SSSR count). The largest absolute Gasteiger partial charge is 0.481 e. The van der Waals surface area contributed by atoms with Crippen LogP contribution in [0.5, 0.6) is 0 Å². The first-order valence-corrected chi connectivity index (χ1v) is 13.6. The molecule has 238 valence electrons. The van der Waals surface area contributed by atoms with Crippen molar-refractivity contribution in [2.45, 2.75) is 82.1 Å². The molecule has 0 aromatic heterocycles. The second kappa shape index (κ2) is 18.8. The van der Waals surface area contributed by atoms with E-state index in [4.69, 9.17) is 21.7 Å². The lowest BCUT2D eigenvalue weighted by Gasteiger charge is -2.25. The molecule has 4 amide bonds. The van der Waals surface area contributed by atoms with Crippen LogP contribution in [-0.2, 0) is 40.0 Å². The van der Waals surface area contributed by atoms with E-state index in [9.17, 15) is 38.7 Å². The second-order valence-corrected chi connectivity index (χ2v) is 9.86. The van der Waals surface area contributed by atoms with Crippen LogP contribution in [0, 0.1) is 0 Å². The topological polar surface area (TPSA) is 280 Å². The van der Waals surface area contributed by atoms with E-state index in [1.807, 2.05) is 0 Å². The summed E-state index contributed by atoms with van der Waals surface area (Å²) in [4.78, 5) is 85.5. The van der Waals surface area contributed by atoms with Crippen molar-refractivity contribution in [3.05, 3.63) is 35.9 Å². The van der Waals surface area contributed by atoms with E-state index < -0.39 is 84.6 Å². The first-order valence-electron chi connectivity index (χ1n) is 13.6. The van der Waals surface area contributed by atoms with Crippen molar-refractivity contribution in [2.75, 3.05) is 6.54 Å². The molecule has 0 spiro atoms. The standard InChI is InChI=1S/C27H40N6O10/c1-15(27(42)43)30-24(39)18(9-5-6-12-28)31-26(41)20(14-22(36)37)33-25(40)19(13-16-7-3-2-4-8-16)32-23(38)17(29)10-11-21(34)35/h2-4,7-8,15,17-20H,5-6,9-14,28-29H2,1H3,(H,30,39)(H,31,41)(H,32,38)(H,33,40)(H,34,35)(H,36,37)(H,42,43)/t15-,17-,18-,19-,20-/m0/s1. The molecule has 43 heavy (non-hydrogen) atoms. The summed E-state index contributed by atoms with van der Waals surface area (Å²) in [5.41, 5.74) is 11.9. The molecule has 1 aromatic rings. The number of carbonyl (C=O) groups excluding carboxylic acids is 4. The highest BCUT2D eigenvalue weighted by Crippen LogP contribution is 2.08. The van der Waals surface area contributed by atoms with Gasteiger partial charge in [-0.2, -0.15) is 0 Å². The van der Waals surface area contributed by atoms with Gasteiger partial charge in [-0.05, 0) is 44.7 Å². The van der Waals surface area contributed by atoms with Crippen molar-refractivity contribution in [1.82, 2.24) is 21.3 Å². The Labute approximate surface area is 247 Å². The van der Waals surface area contributed by atoms with E-state index >= 15 is 0 Å². The maximum absolute atomic E-state index is 13.3. The highest BCUT2D eigenvalue weighted by atomic mass is 16.4. The van der Waals surface area contributed by atoms with Crippen LogP contribution in [0.4, 0.5) is 0 Å². The van der Waals surface area contributed by atoms with Crippen molar-refractivity contribution in [3.63, 3.8) is 0 Å². The maximum atomic E-state index is 13.3. The highest BCUT2D eigenvalue weighted by molar-refractivity contribution is 5.96. The predicted molar refractivity (Wildman–Crippen MR) is 151 cm³/mol. The molecule has 5 atom stereocenters. The third kappa shape index (κ3) is 14.2. The van der Waals surface area contributed by atoms with Crippen LogP contribution < -0.4 is 32.7 Å². The Hall–Kier alpha value is -4.57. The van der Waals surface area contributed by atoms with E-state index in [1.165, 1.54) is 6.92 Å². The summed E-state index contributed by atoms with van der Waals surface area (Å²) >= 11 is 0. The summed E-state index contributed by atoms with van der Waals surface area (Å²) in [6, 6.07) is 1.60. The van der Waals surface area contributed by atoms with Crippen LogP contribution in [0.15, 0.2) is 30.3 Å². The zero-order valence-electron chi connectivity index (χ0n) is 23.8. The minimum atomic E-state index is -1.69. The van der Waals surface area contributed by atoms with Crippen molar-refractivity contribution >= 4 is 41.5 Å². The van der Waals surface area contributed by atoms with Crippen LogP contribution >= 0.6 is 0 Å². The van der Waals surface area contributed by atoms with E-state index in [0.29, 0.717) is 24.9 Å². The number of nitrogens with two attached hydrogens (primary N) is 2. The molecule has 0 heterocycles. The molecular formula is C27H40N6O10. The SMILES string of the molecule is C[C@H](NC(=O)[C@H](CCCCN)NC(=O)[C@H](CC(=O)O)NC(=O)[C@H](Cc1ccccc1)NC(=O)[C@@H](N)CCC(=O)O)C(=O)O. The van der Waals surface area contributed by atoms with Gasteiger partial charge in [-0.15, -0.1) is 0 Å². The van der Waals surface area contributed by atoms with Gasteiger partial charge >= 0.3 is 17.9 Å². The Morgan fingerprint density at radius 2 is 1.28 bits per heavy atom. The Morgan fingerprint density at radius 3 is 1.84 bits per heavy atom. The lowest BCUT2D eigenvalue weighted by atomic mass is 10.0. The Kier molecular flexibility index (Phi) is 15.9. The fourth-order valence-corrected chi connectivity index (χ4v) is 3.81. The normalized spacial score (nSPS) is 14.2. The van der Waals surface area contributed by atoms with E-state index in [1.54, 1.807) is 30.3 Å². The van der Waals surface area contributed by atoms with Crippen molar-refractivity contribution in [3.8, 4) is 0 Å². The number of nitrogens with one attached hydrogen (secondary N) is 4. The molecule has 16 nitrogen and oxygen atoms in total. The summed E-state index contributed by atoms with van der Waals surface area (Å²) < 4.78 is 0. The minimum Gasteiger partial charge on any atom is -0.481 e. The summed E-state index contributed by atoms with van der Waals surface area (Å²) in [5, 5.41) is 36.7. The monoisotopic (exact) mass is 608 g/mol. The lowest BCUT2D eigenvalue weighted by Crippen LogP contribution is -2.59. The van der Waals surface area contributed by atoms with Gasteiger partial charge < -0.3 is 48.1 Å². The Bertz CT molecular complexity index is 1130. The van der Waals surface area contributed by atoms with Gasteiger partial charge in [0.15, 0.2) is 0 Å². The smallest absolute Gasteiger partial charge is 0.325 e. The van der Waals surface area contributed by atoms with Crippen LogP contribution in [0.3, 0.4) is 0 Å². The number of aliphatic carboxylic acids is 3. The number of carboxylic acids is 3. The number of benzene rings is 1. The van der Waals surface area contributed by atoms with Crippen molar-refractivity contribution in [2.24, 2.45) is 11.5 Å². The molecule has 0 bridgehead atoms. The summed E-state index contributed by atoms with van der Waals surface area (Å²) in [6.07, 6.45) is -0.656. The van der Waals surface area contributed by atoms with Crippen LogP contribution in [0.25, 0.3) is 0 Å². The van der Waals surface area contributed by atoms with Gasteiger partial charge in [0.25, 0.3) is 0 Å². The fourth-order valence-electron chi connectivity index (χ4n) is 3.81. The van der Waals surface area contributed by atoms with E-state index in [2.05, 4.69) is 21.3 Å². The minimum absolute atomic E-state index is 0.0514. The number of hydrogen-bond donors (Lipinski definition) is 9. The molecule has 0 aliphatic carbocycles. The molecule has 0 aliphatic rings. The molecule has 0 fully saturated rings. The quantitative estimate of drug-likeness (QED) is 0.0732. The summed E-state index contributed by atoms with van der Waals surface area (Å²) in [5.74, 6) is -7.57. The van der Waals surface area contributed by atoms with Crippen LogP contribution in [0.1, 0.15) is 51.0 Å². The number of rotatable bonds is 20. The first kappa shape index (κ1) is 36.5. The summed E-state index contributed by atoms with van der Waals surface area (Å²) in [6.45, 7) is 1.52. The third-order valence-corrected chi connectivity index (χ3v) is 6.24. The van der Waals surface area contributed by atoms with Crippen molar-refractivity contribution < 1.29 is 48.9 Å². The van der Waals surface area contributed by atoms with Gasteiger partial charge in [0, 0.05) is 12.8 Å². The molecule has 0 radical (unpaired) electrons. The van der Waals surface area contributed by atoms with Crippen LogP contribution in [-0.4, -0.2) is 93.6 Å². The van der Waals surface area contributed by atoms with E-state index in [0.717, 1.165) is 0 Å². The van der Waals surface area contributed by atoms with Gasteiger partial charge in [-0.1, -0.05) is 30.3 Å². The van der Waals surface area contributed by atoms with Gasteiger partial charge in [0.2, 0.25) is 23.6 Å². The Balaban J connectivity index is 3.17. The Morgan fingerprint density at radius 1 is 0.721 bits per heavy atom. The number of carbonyl (C=O) groups is 7. The third-order valence-electron chi connectivity index (χ3n) is 6.24. The molecule has 11 N–H and O–H groups in total. The number of unbranched alkanes of at least 4 members (excludes halogenated alkanes) is 1. The number of hydrogen-bond acceptors (Lipinski definition) is 9. The zero-order chi connectivity index (χ0) is 32.5. The average molecular weight is 609 g/mol. The molecule has 0 aliphatic heterocycles. The molecule has 1 aromatic carbocycles. The molecule has 16 heteroatoms. The summed E-state index contributed by atoms with van der Waals surface area (Å²) in [7, 11) is 0. The molecular weight excluding hydrogens is 568 g/mol. The van der Waals surface area contributed by atoms with Crippen molar-refractivity contribution in [1.29, 1.82) is 0 Å². The van der Waals surface area contributed by atoms with Crippen LogP contribution in [0.2, 0.25) is 0 Å². The zero-order valence-corrected chi connectivity index (χ0v) is 23.8. The second-order valence-electron chi connectivity index (χ2n) is 9.86. The molecule has 0 unspecified atom stereocenters. The number of amides is 4. The highest BCUT2D eigenvalue weighted by Gasteiger charge is 2.32. The van der Waals surface area contributed by atoms with Gasteiger partial charge in [0.05, 0.1) is 12.5 Å². The predicted octanol–water partition coefficient (Wildman–Crippen LogP) is -1.93. The average Bonchev–Trinajstić information content (AvgIpc) is 2.94. The first-order chi connectivity index (χ1) is 20.2. The maximum Gasteiger partial charge on any atom is 0.325 e. The van der Waals surface area contributed by atoms with E-state index in [-0.39, 0.29) is 19.3 Å². The fraction of sp³-hybridized carbons (Fsp3) is 0.519. The van der Waals surface area contributed by atoms with Gasteiger partial charge in [-0.25, -0.2) is 0 Å². The van der Waals surface area contributed by atoms with Gasteiger partial charge in [-0.3, -0.25) is 33.6 Å². The lowest BCUT2D eigenvalue weighted by molar-refractivity contribution is -0.143. The van der Waals surface area contributed by atoms with Gasteiger partial charge in [0.1, 0.15) is 24.2 Å².